The van der Waals surface area contributed by atoms with Crippen LogP contribution in [0.3, 0.4) is 0 Å². The lowest BCUT2D eigenvalue weighted by atomic mass is 9.80. The van der Waals surface area contributed by atoms with Gasteiger partial charge in [-0.25, -0.2) is 13.4 Å². The average molecular weight is 378 g/mol. The van der Waals surface area contributed by atoms with Gasteiger partial charge in [0.05, 0.1) is 24.7 Å². The van der Waals surface area contributed by atoms with Crippen molar-refractivity contribution in [2.24, 2.45) is 13.0 Å². The Labute approximate surface area is 152 Å². The van der Waals surface area contributed by atoms with Crippen molar-refractivity contribution < 1.29 is 17.9 Å². The van der Waals surface area contributed by atoms with Gasteiger partial charge < -0.3 is 14.0 Å². The minimum atomic E-state index is -3.55. The molecule has 0 aromatic carbocycles. The largest absolute Gasteiger partial charge is 0.492 e. The fourth-order valence-electron chi connectivity index (χ4n) is 3.67. The summed E-state index contributed by atoms with van der Waals surface area (Å²) in [5.74, 6) is 1.03. The maximum absolute atomic E-state index is 12.6. The summed E-state index contributed by atoms with van der Waals surface area (Å²) in [6, 6.07) is 3.71. The van der Waals surface area contributed by atoms with Crippen LogP contribution in [-0.2, 0) is 21.8 Å². The summed E-state index contributed by atoms with van der Waals surface area (Å²) in [6.45, 7) is 1.98. The molecule has 0 N–H and O–H groups in total. The molecule has 140 valence electrons. The number of imidazole rings is 1. The van der Waals surface area contributed by atoms with Crippen LogP contribution in [0, 0.1) is 5.92 Å². The summed E-state index contributed by atoms with van der Waals surface area (Å²) in [5.41, 5.74) is -0.389. The quantitative estimate of drug-likeness (QED) is 0.747. The zero-order valence-electron chi connectivity index (χ0n) is 14.6. The Bertz CT molecular complexity index is 862. The smallest absolute Gasteiger partial charge is 0.262 e. The third kappa shape index (κ3) is 3.10. The van der Waals surface area contributed by atoms with E-state index in [1.165, 1.54) is 16.8 Å². The van der Waals surface area contributed by atoms with E-state index in [-0.39, 0.29) is 16.5 Å². The molecule has 2 aliphatic heterocycles. The molecule has 1 atom stereocenters. The van der Waals surface area contributed by atoms with Gasteiger partial charge >= 0.3 is 0 Å². The normalized spacial score (nSPS) is 22.4. The van der Waals surface area contributed by atoms with Crippen molar-refractivity contribution in [3.05, 3.63) is 37.1 Å². The van der Waals surface area contributed by atoms with Gasteiger partial charge in [-0.1, -0.05) is 0 Å². The molecule has 0 saturated carbocycles. The molecule has 4 heterocycles. The molecule has 0 radical (unpaired) electrons. The van der Waals surface area contributed by atoms with Crippen molar-refractivity contribution in [2.45, 2.75) is 23.5 Å². The molecule has 2 aliphatic rings. The van der Waals surface area contributed by atoms with E-state index < -0.39 is 10.0 Å². The topological polar surface area (TPSA) is 86.6 Å². The van der Waals surface area contributed by atoms with Crippen molar-refractivity contribution in [3.8, 4) is 5.75 Å². The van der Waals surface area contributed by atoms with E-state index >= 15 is 0 Å². The summed E-state index contributed by atoms with van der Waals surface area (Å²) < 4.78 is 40.1. The van der Waals surface area contributed by atoms with Gasteiger partial charge in [-0.2, -0.15) is 4.31 Å². The summed E-state index contributed by atoms with van der Waals surface area (Å²) in [4.78, 5) is 8.00. The van der Waals surface area contributed by atoms with Crippen LogP contribution in [0.1, 0.15) is 12.8 Å². The number of hydrogen-bond acceptors (Lipinski definition) is 6. The Balaban J connectivity index is 1.36. The third-order valence-corrected chi connectivity index (χ3v) is 6.82. The van der Waals surface area contributed by atoms with Crippen LogP contribution in [0.15, 0.2) is 42.1 Å². The van der Waals surface area contributed by atoms with E-state index in [0.29, 0.717) is 26.3 Å². The van der Waals surface area contributed by atoms with Crippen molar-refractivity contribution >= 4 is 10.0 Å². The zero-order valence-corrected chi connectivity index (χ0v) is 15.4. The first-order chi connectivity index (χ1) is 12.5. The predicted octanol–water partition coefficient (Wildman–Crippen LogP) is 1.06. The lowest BCUT2D eigenvalue weighted by Gasteiger charge is -2.48. The van der Waals surface area contributed by atoms with Crippen molar-refractivity contribution in [2.75, 3.05) is 26.3 Å². The maximum Gasteiger partial charge on any atom is 0.262 e. The standard InChI is InChI=1S/C17H22N4O4S/c1-20-10-16(19-13-20)26(22,23)21-11-17(12-21)14(5-8-25-17)4-7-24-15-3-2-6-18-9-15/h2-3,6,9-10,13-14H,4-5,7-8,11-12H2,1H3. The fourth-order valence-corrected chi connectivity index (χ4v) is 5.19. The van der Waals surface area contributed by atoms with Crippen LogP contribution >= 0.6 is 0 Å². The first-order valence-corrected chi connectivity index (χ1v) is 10.1. The molecule has 2 aromatic heterocycles. The number of ether oxygens (including phenoxy) is 2. The van der Waals surface area contributed by atoms with Gasteiger partial charge in [0, 0.05) is 39.1 Å². The number of sulfonamides is 1. The number of aryl methyl sites for hydroxylation is 1. The maximum atomic E-state index is 12.6. The molecule has 4 rings (SSSR count). The lowest BCUT2D eigenvalue weighted by Crippen LogP contribution is -2.66. The summed E-state index contributed by atoms with van der Waals surface area (Å²) >= 11 is 0. The van der Waals surface area contributed by atoms with Crippen molar-refractivity contribution in [1.29, 1.82) is 0 Å². The van der Waals surface area contributed by atoms with E-state index in [2.05, 4.69) is 9.97 Å². The highest BCUT2D eigenvalue weighted by Gasteiger charge is 2.56. The first kappa shape index (κ1) is 17.4. The minimum absolute atomic E-state index is 0.0873. The minimum Gasteiger partial charge on any atom is -0.492 e. The molecule has 1 spiro atoms. The molecule has 0 amide bonds. The molecule has 2 saturated heterocycles. The molecule has 0 aliphatic carbocycles. The van der Waals surface area contributed by atoms with E-state index in [4.69, 9.17) is 9.47 Å². The highest BCUT2D eigenvalue weighted by Crippen LogP contribution is 2.43. The Morgan fingerprint density at radius 2 is 2.27 bits per heavy atom. The molecule has 26 heavy (non-hydrogen) atoms. The van der Waals surface area contributed by atoms with E-state index in [1.54, 1.807) is 24.0 Å². The Morgan fingerprint density at radius 3 is 2.96 bits per heavy atom. The van der Waals surface area contributed by atoms with Gasteiger partial charge in [0.25, 0.3) is 10.0 Å². The number of rotatable bonds is 6. The van der Waals surface area contributed by atoms with Gasteiger partial charge in [-0.05, 0) is 30.9 Å². The van der Waals surface area contributed by atoms with Gasteiger partial charge in [-0.3, -0.25) is 4.98 Å². The second kappa shape index (κ2) is 6.64. The summed E-state index contributed by atoms with van der Waals surface area (Å²) in [5, 5.41) is 0.0873. The average Bonchev–Trinajstić information content (AvgIpc) is 3.21. The fraction of sp³-hybridized carbons (Fsp3) is 0.529. The summed E-state index contributed by atoms with van der Waals surface area (Å²) in [6.07, 6.45) is 8.16. The number of nitrogens with zero attached hydrogens (tertiary/aromatic N) is 4. The van der Waals surface area contributed by atoms with Gasteiger partial charge in [0.15, 0.2) is 5.03 Å². The van der Waals surface area contributed by atoms with E-state index in [9.17, 15) is 8.42 Å². The number of hydrogen-bond donors (Lipinski definition) is 0. The third-order valence-electron chi connectivity index (χ3n) is 5.14. The molecule has 0 bridgehead atoms. The van der Waals surface area contributed by atoms with E-state index in [0.717, 1.165) is 18.6 Å². The van der Waals surface area contributed by atoms with Crippen LogP contribution < -0.4 is 4.74 Å². The van der Waals surface area contributed by atoms with Crippen LogP contribution in [-0.4, -0.2) is 59.2 Å². The summed E-state index contributed by atoms with van der Waals surface area (Å²) in [7, 11) is -1.80. The van der Waals surface area contributed by atoms with Gasteiger partial charge in [-0.15, -0.1) is 0 Å². The first-order valence-electron chi connectivity index (χ1n) is 8.64. The van der Waals surface area contributed by atoms with Crippen LogP contribution in [0.4, 0.5) is 0 Å². The van der Waals surface area contributed by atoms with Crippen LogP contribution in [0.25, 0.3) is 0 Å². The molecule has 2 aromatic rings. The van der Waals surface area contributed by atoms with Crippen molar-refractivity contribution in [1.82, 2.24) is 18.8 Å². The monoisotopic (exact) mass is 378 g/mol. The molecule has 8 nitrogen and oxygen atoms in total. The number of aromatic nitrogens is 3. The Hall–Kier alpha value is -1.97. The highest BCUT2D eigenvalue weighted by atomic mass is 32.2. The Kier molecular flexibility index (Phi) is 4.45. The lowest BCUT2D eigenvalue weighted by molar-refractivity contribution is -0.104. The molecular weight excluding hydrogens is 356 g/mol. The predicted molar refractivity (Wildman–Crippen MR) is 93.1 cm³/mol. The Morgan fingerprint density at radius 1 is 1.42 bits per heavy atom. The van der Waals surface area contributed by atoms with Crippen LogP contribution in [0.2, 0.25) is 0 Å². The highest BCUT2D eigenvalue weighted by molar-refractivity contribution is 7.89. The SMILES string of the molecule is Cn1cnc(S(=O)(=O)N2CC3(C2)OCCC3CCOc2cccnc2)c1. The van der Waals surface area contributed by atoms with Gasteiger partial charge in [0.2, 0.25) is 0 Å². The second-order valence-corrected chi connectivity index (χ2v) is 8.76. The molecule has 1 unspecified atom stereocenters. The van der Waals surface area contributed by atoms with Crippen molar-refractivity contribution in [3.63, 3.8) is 0 Å². The molecule has 2 fully saturated rings. The number of pyridine rings is 1. The van der Waals surface area contributed by atoms with Crippen LogP contribution in [0.5, 0.6) is 5.75 Å². The van der Waals surface area contributed by atoms with Gasteiger partial charge in [0.1, 0.15) is 5.75 Å². The molecular formula is C17H22N4O4S. The second-order valence-electron chi connectivity index (χ2n) is 6.88. The zero-order chi connectivity index (χ0) is 18.2. The molecule has 9 heteroatoms. The van der Waals surface area contributed by atoms with E-state index in [1.807, 2.05) is 12.1 Å².